The van der Waals surface area contributed by atoms with Gasteiger partial charge in [-0.3, -0.25) is 4.90 Å². The molecular weight excluding hydrogens is 192 g/mol. The van der Waals surface area contributed by atoms with Crippen LogP contribution in [0, 0.1) is 0 Å². The number of tetrazole rings is 1. The molecule has 0 spiro atoms. The molecule has 1 aliphatic heterocycles. The van der Waals surface area contributed by atoms with Gasteiger partial charge in [0.25, 0.3) is 0 Å². The lowest BCUT2D eigenvalue weighted by atomic mass is 10.1. The minimum atomic E-state index is 0.647. The van der Waals surface area contributed by atoms with E-state index in [1.807, 2.05) is 0 Å². The van der Waals surface area contributed by atoms with Crippen molar-refractivity contribution in [1.82, 2.24) is 30.4 Å². The van der Waals surface area contributed by atoms with Crippen LogP contribution >= 0.6 is 0 Å². The predicted molar refractivity (Wildman–Crippen MR) is 56.2 cm³/mol. The van der Waals surface area contributed by atoms with Crippen LogP contribution < -0.4 is 5.32 Å². The fraction of sp³-hybridized carbons (Fsp3) is 0.889. The van der Waals surface area contributed by atoms with E-state index in [-0.39, 0.29) is 0 Å². The minimum Gasteiger partial charge on any atom is -0.314 e. The number of hydrogen-bond donors (Lipinski definition) is 1. The number of aryl methyl sites for hydroxylation is 1. The molecule has 2 rings (SSSR count). The van der Waals surface area contributed by atoms with E-state index in [4.69, 9.17) is 0 Å². The molecule has 0 saturated carbocycles. The largest absolute Gasteiger partial charge is 0.314 e. The fourth-order valence-corrected chi connectivity index (χ4v) is 1.78. The number of nitrogens with zero attached hydrogens (tertiary/aromatic N) is 5. The predicted octanol–water partition coefficient (Wildman–Crippen LogP) is -0.606. The van der Waals surface area contributed by atoms with Gasteiger partial charge >= 0.3 is 0 Å². The Morgan fingerprint density at radius 1 is 1.53 bits per heavy atom. The molecular formula is C9H18N6. The van der Waals surface area contributed by atoms with E-state index in [0.717, 1.165) is 38.4 Å². The highest BCUT2D eigenvalue weighted by molar-refractivity contribution is 4.87. The zero-order valence-corrected chi connectivity index (χ0v) is 9.35. The van der Waals surface area contributed by atoms with Crippen molar-refractivity contribution in [2.75, 3.05) is 19.6 Å². The summed E-state index contributed by atoms with van der Waals surface area (Å²) in [6, 6.07) is 0.647. The van der Waals surface area contributed by atoms with Gasteiger partial charge < -0.3 is 5.32 Å². The average molecular weight is 210 g/mol. The van der Waals surface area contributed by atoms with Crippen LogP contribution in [0.15, 0.2) is 0 Å². The summed E-state index contributed by atoms with van der Waals surface area (Å²) in [6.45, 7) is 6.28. The van der Waals surface area contributed by atoms with E-state index in [1.165, 1.54) is 4.80 Å². The van der Waals surface area contributed by atoms with Crippen molar-refractivity contribution in [1.29, 1.82) is 0 Å². The average Bonchev–Trinajstić information content (AvgIpc) is 2.48. The van der Waals surface area contributed by atoms with Crippen molar-refractivity contribution in [2.24, 2.45) is 7.05 Å². The highest BCUT2D eigenvalue weighted by atomic mass is 15.6. The lowest BCUT2D eigenvalue weighted by Gasteiger charge is -2.37. The van der Waals surface area contributed by atoms with Crippen LogP contribution in [0.5, 0.6) is 0 Å². The molecule has 1 aromatic rings. The molecule has 0 unspecified atom stereocenters. The Hall–Kier alpha value is -1.01. The molecule has 2 heterocycles. The molecule has 1 saturated heterocycles. The Balaban J connectivity index is 1.93. The van der Waals surface area contributed by atoms with Crippen molar-refractivity contribution in [2.45, 2.75) is 25.9 Å². The van der Waals surface area contributed by atoms with Crippen LogP contribution in [0.1, 0.15) is 19.2 Å². The summed E-state index contributed by atoms with van der Waals surface area (Å²) in [6.07, 6.45) is 1.16. The van der Waals surface area contributed by atoms with Gasteiger partial charge in [0, 0.05) is 19.1 Å². The number of hydrogen-bond acceptors (Lipinski definition) is 5. The first kappa shape index (κ1) is 10.5. The highest BCUT2D eigenvalue weighted by Gasteiger charge is 2.24. The maximum Gasteiger partial charge on any atom is 0.188 e. The summed E-state index contributed by atoms with van der Waals surface area (Å²) in [5.74, 6) is 0.817. The molecule has 6 nitrogen and oxygen atoms in total. The lowest BCUT2D eigenvalue weighted by Crippen LogP contribution is -2.57. The maximum atomic E-state index is 4.21. The number of aromatic nitrogens is 4. The number of rotatable bonds is 5. The Morgan fingerprint density at radius 3 is 2.80 bits per heavy atom. The SMILES string of the molecule is CCCN(Cc1nnn(C)n1)C1CNC1. The van der Waals surface area contributed by atoms with Crippen molar-refractivity contribution in [3.05, 3.63) is 5.82 Å². The van der Waals surface area contributed by atoms with Gasteiger partial charge in [0.1, 0.15) is 0 Å². The van der Waals surface area contributed by atoms with Gasteiger partial charge in [-0.05, 0) is 18.2 Å². The molecule has 84 valence electrons. The second-order valence-corrected chi connectivity index (χ2v) is 3.98. The summed E-state index contributed by atoms with van der Waals surface area (Å²) in [7, 11) is 1.80. The Kier molecular flexibility index (Phi) is 3.27. The molecule has 15 heavy (non-hydrogen) atoms. The Labute approximate surface area is 89.6 Å². The van der Waals surface area contributed by atoms with Crippen LogP contribution in [-0.2, 0) is 13.6 Å². The number of nitrogens with one attached hydrogen (secondary N) is 1. The van der Waals surface area contributed by atoms with Gasteiger partial charge in [-0.25, -0.2) is 0 Å². The second kappa shape index (κ2) is 4.67. The molecule has 1 aliphatic rings. The van der Waals surface area contributed by atoms with Gasteiger partial charge in [0.2, 0.25) is 0 Å². The third kappa shape index (κ3) is 2.51. The quantitative estimate of drug-likeness (QED) is 0.703. The summed E-state index contributed by atoms with van der Waals surface area (Å²) in [5, 5.41) is 15.4. The molecule has 0 bridgehead atoms. The normalized spacial score (nSPS) is 17.0. The van der Waals surface area contributed by atoms with E-state index in [0.29, 0.717) is 6.04 Å². The molecule has 6 heteroatoms. The monoisotopic (exact) mass is 210 g/mol. The van der Waals surface area contributed by atoms with Crippen LogP contribution in [0.2, 0.25) is 0 Å². The summed E-state index contributed by atoms with van der Waals surface area (Å²) >= 11 is 0. The second-order valence-electron chi connectivity index (χ2n) is 3.98. The maximum absolute atomic E-state index is 4.21. The van der Waals surface area contributed by atoms with Crippen molar-refractivity contribution >= 4 is 0 Å². The van der Waals surface area contributed by atoms with Gasteiger partial charge in [-0.2, -0.15) is 4.80 Å². The fourth-order valence-electron chi connectivity index (χ4n) is 1.78. The van der Waals surface area contributed by atoms with E-state index in [9.17, 15) is 0 Å². The molecule has 0 aliphatic carbocycles. The van der Waals surface area contributed by atoms with E-state index < -0.39 is 0 Å². The molecule has 0 aromatic carbocycles. The van der Waals surface area contributed by atoms with Gasteiger partial charge in [0.15, 0.2) is 5.82 Å². The third-order valence-electron chi connectivity index (χ3n) is 2.68. The van der Waals surface area contributed by atoms with Crippen molar-refractivity contribution in [3.8, 4) is 0 Å². The van der Waals surface area contributed by atoms with Crippen LogP contribution in [0.4, 0.5) is 0 Å². The molecule has 1 N–H and O–H groups in total. The lowest BCUT2D eigenvalue weighted by molar-refractivity contribution is 0.134. The third-order valence-corrected chi connectivity index (χ3v) is 2.68. The van der Waals surface area contributed by atoms with E-state index >= 15 is 0 Å². The topological polar surface area (TPSA) is 58.9 Å². The van der Waals surface area contributed by atoms with Gasteiger partial charge in [0.05, 0.1) is 13.6 Å². The molecule has 0 amide bonds. The Bertz CT molecular complexity index is 305. The molecule has 0 radical (unpaired) electrons. The first-order valence-electron chi connectivity index (χ1n) is 5.47. The summed E-state index contributed by atoms with van der Waals surface area (Å²) in [5.41, 5.74) is 0. The summed E-state index contributed by atoms with van der Waals surface area (Å²) in [4.78, 5) is 3.94. The van der Waals surface area contributed by atoms with Crippen LogP contribution in [0.3, 0.4) is 0 Å². The summed E-state index contributed by atoms with van der Waals surface area (Å²) < 4.78 is 0. The van der Waals surface area contributed by atoms with Crippen molar-refractivity contribution < 1.29 is 0 Å². The van der Waals surface area contributed by atoms with Gasteiger partial charge in [-0.15, -0.1) is 10.2 Å². The standard InChI is InChI=1S/C9H18N6/c1-3-4-15(8-5-10-6-8)7-9-11-13-14(2)12-9/h8,10H,3-7H2,1-2H3. The smallest absolute Gasteiger partial charge is 0.188 e. The zero-order chi connectivity index (χ0) is 10.7. The van der Waals surface area contributed by atoms with E-state index in [1.54, 1.807) is 7.05 Å². The first-order valence-corrected chi connectivity index (χ1v) is 5.47. The highest BCUT2D eigenvalue weighted by Crippen LogP contribution is 2.08. The van der Waals surface area contributed by atoms with E-state index in [2.05, 4.69) is 32.6 Å². The minimum absolute atomic E-state index is 0.647. The molecule has 1 fully saturated rings. The zero-order valence-electron chi connectivity index (χ0n) is 9.35. The van der Waals surface area contributed by atoms with Crippen LogP contribution in [0.25, 0.3) is 0 Å². The molecule has 1 aromatic heterocycles. The van der Waals surface area contributed by atoms with Gasteiger partial charge in [-0.1, -0.05) is 6.92 Å². The van der Waals surface area contributed by atoms with Crippen LogP contribution in [-0.4, -0.2) is 50.8 Å². The first-order chi connectivity index (χ1) is 7.29. The Morgan fingerprint density at radius 2 is 2.33 bits per heavy atom. The van der Waals surface area contributed by atoms with Crippen molar-refractivity contribution in [3.63, 3.8) is 0 Å². The molecule has 0 atom stereocenters.